The fraction of sp³-hybridized carbons (Fsp3) is 0.630. The van der Waals surface area contributed by atoms with E-state index < -0.39 is 11.6 Å². The fourth-order valence-electron chi connectivity index (χ4n) is 6.01. The first-order chi connectivity index (χ1) is 14.1. The van der Waals surface area contributed by atoms with Gasteiger partial charge in [0.1, 0.15) is 0 Å². The van der Waals surface area contributed by atoms with Crippen molar-refractivity contribution in [3.8, 4) is 0 Å². The topological polar surface area (TPSA) is 0 Å². The standard InChI is InChI=1S/C27H36F2/c1-2-3-19-4-6-20(7-5-19)8-9-21-10-12-22(13-11-21)23-14-16-25-24(18-23)15-17-26(28)27(25)29/h14-22H,2-13H2,1H3/t19-,20-,21?,22?. The van der Waals surface area contributed by atoms with Gasteiger partial charge in [-0.3, -0.25) is 0 Å². The summed E-state index contributed by atoms with van der Waals surface area (Å²) in [6, 6.07) is 8.82. The number of benzene rings is 2. The predicted molar refractivity (Wildman–Crippen MR) is 118 cm³/mol. The molecule has 2 heteroatoms. The Morgan fingerprint density at radius 3 is 1.93 bits per heavy atom. The first-order valence-electron chi connectivity index (χ1n) is 12.0. The lowest BCUT2D eigenvalue weighted by molar-refractivity contribution is 0.224. The van der Waals surface area contributed by atoms with Crippen molar-refractivity contribution in [2.24, 2.45) is 17.8 Å². The van der Waals surface area contributed by atoms with Crippen LogP contribution < -0.4 is 0 Å². The van der Waals surface area contributed by atoms with Gasteiger partial charge in [-0.05, 0) is 66.4 Å². The molecule has 0 spiro atoms. The molecule has 29 heavy (non-hydrogen) atoms. The van der Waals surface area contributed by atoms with Crippen molar-refractivity contribution in [1.29, 1.82) is 0 Å². The van der Waals surface area contributed by atoms with Crippen LogP contribution in [-0.4, -0.2) is 0 Å². The summed E-state index contributed by atoms with van der Waals surface area (Å²) in [6.45, 7) is 2.32. The smallest absolute Gasteiger partial charge is 0.166 e. The second-order valence-electron chi connectivity index (χ2n) is 9.81. The summed E-state index contributed by atoms with van der Waals surface area (Å²) in [5.41, 5.74) is 1.30. The summed E-state index contributed by atoms with van der Waals surface area (Å²) in [6.07, 6.45) is 16.6. The molecule has 0 aromatic heterocycles. The lowest BCUT2D eigenvalue weighted by Crippen LogP contribution is -2.17. The number of hydrogen-bond donors (Lipinski definition) is 0. The van der Waals surface area contributed by atoms with Crippen molar-refractivity contribution in [3.63, 3.8) is 0 Å². The lowest BCUT2D eigenvalue weighted by Gasteiger charge is -2.32. The van der Waals surface area contributed by atoms with Gasteiger partial charge in [0.05, 0.1) is 0 Å². The molecule has 2 aliphatic rings. The van der Waals surface area contributed by atoms with Crippen molar-refractivity contribution >= 4 is 10.8 Å². The molecule has 158 valence electrons. The lowest BCUT2D eigenvalue weighted by atomic mass is 9.74. The maximum Gasteiger partial charge on any atom is 0.166 e. The first kappa shape index (κ1) is 20.8. The predicted octanol–water partition coefficient (Wildman–Crippen LogP) is 8.78. The van der Waals surface area contributed by atoms with Crippen molar-refractivity contribution < 1.29 is 8.78 Å². The van der Waals surface area contributed by atoms with Crippen LogP contribution >= 0.6 is 0 Å². The number of rotatable bonds is 6. The largest absolute Gasteiger partial charge is 0.204 e. The minimum atomic E-state index is -0.760. The third-order valence-electron chi connectivity index (χ3n) is 7.90. The molecule has 2 aliphatic carbocycles. The maximum atomic E-state index is 13.9. The summed E-state index contributed by atoms with van der Waals surface area (Å²) >= 11 is 0. The van der Waals surface area contributed by atoms with Crippen LogP contribution in [0.1, 0.15) is 95.5 Å². The Labute approximate surface area is 175 Å². The summed E-state index contributed by atoms with van der Waals surface area (Å²) < 4.78 is 27.4. The Morgan fingerprint density at radius 2 is 1.31 bits per heavy atom. The van der Waals surface area contributed by atoms with Gasteiger partial charge in [-0.25, -0.2) is 8.78 Å². The van der Waals surface area contributed by atoms with E-state index in [0.717, 1.165) is 23.1 Å². The molecule has 0 radical (unpaired) electrons. The zero-order chi connectivity index (χ0) is 20.2. The highest BCUT2D eigenvalue weighted by Gasteiger charge is 2.25. The van der Waals surface area contributed by atoms with E-state index >= 15 is 0 Å². The van der Waals surface area contributed by atoms with Gasteiger partial charge in [0, 0.05) is 5.39 Å². The van der Waals surface area contributed by atoms with Crippen LogP contribution in [0, 0.1) is 29.4 Å². The molecule has 0 bridgehead atoms. The third-order valence-corrected chi connectivity index (χ3v) is 7.90. The van der Waals surface area contributed by atoms with Crippen LogP contribution in [0.25, 0.3) is 10.8 Å². The molecule has 0 amide bonds. The van der Waals surface area contributed by atoms with E-state index in [1.165, 1.54) is 88.7 Å². The monoisotopic (exact) mass is 398 g/mol. The second kappa shape index (κ2) is 9.58. The van der Waals surface area contributed by atoms with Gasteiger partial charge in [-0.2, -0.15) is 0 Å². The molecule has 2 fully saturated rings. The minimum absolute atomic E-state index is 0.399. The number of hydrogen-bond acceptors (Lipinski definition) is 0. The van der Waals surface area contributed by atoms with E-state index in [-0.39, 0.29) is 0 Å². The van der Waals surface area contributed by atoms with Crippen LogP contribution in [0.2, 0.25) is 0 Å². The van der Waals surface area contributed by atoms with Crippen molar-refractivity contribution in [2.45, 2.75) is 89.9 Å². The SMILES string of the molecule is CCC[C@H]1CC[C@H](CCC2CCC(c3ccc4c(F)c(F)ccc4c3)CC2)CC1. The summed E-state index contributed by atoms with van der Waals surface area (Å²) in [5.74, 6) is 1.99. The molecular weight excluding hydrogens is 362 g/mol. The van der Waals surface area contributed by atoms with E-state index in [0.29, 0.717) is 11.3 Å². The van der Waals surface area contributed by atoms with E-state index in [1.807, 2.05) is 6.07 Å². The summed E-state index contributed by atoms with van der Waals surface area (Å²) in [4.78, 5) is 0. The highest BCUT2D eigenvalue weighted by molar-refractivity contribution is 5.84. The van der Waals surface area contributed by atoms with Crippen LogP contribution in [0.5, 0.6) is 0 Å². The third kappa shape index (κ3) is 5.01. The van der Waals surface area contributed by atoms with Gasteiger partial charge in [0.2, 0.25) is 0 Å². The van der Waals surface area contributed by atoms with Gasteiger partial charge in [0.15, 0.2) is 11.6 Å². The summed E-state index contributed by atoms with van der Waals surface area (Å²) in [5, 5.41) is 1.22. The zero-order valence-corrected chi connectivity index (χ0v) is 17.9. The Morgan fingerprint density at radius 1 is 0.724 bits per heavy atom. The Bertz CT molecular complexity index is 796. The molecule has 2 saturated carbocycles. The van der Waals surface area contributed by atoms with Crippen molar-refractivity contribution in [1.82, 2.24) is 0 Å². The van der Waals surface area contributed by atoms with Crippen LogP contribution in [0.4, 0.5) is 8.78 Å². The summed E-state index contributed by atoms with van der Waals surface area (Å²) in [7, 11) is 0. The highest BCUT2D eigenvalue weighted by atomic mass is 19.2. The van der Waals surface area contributed by atoms with E-state index in [9.17, 15) is 8.78 Å². The minimum Gasteiger partial charge on any atom is -0.204 e. The van der Waals surface area contributed by atoms with E-state index in [2.05, 4.69) is 13.0 Å². The van der Waals surface area contributed by atoms with Gasteiger partial charge in [-0.15, -0.1) is 0 Å². The number of fused-ring (bicyclic) bond motifs is 1. The first-order valence-corrected chi connectivity index (χ1v) is 12.0. The average molecular weight is 399 g/mol. The van der Waals surface area contributed by atoms with Crippen molar-refractivity contribution in [2.75, 3.05) is 0 Å². The normalized spacial score (nSPS) is 28.0. The van der Waals surface area contributed by atoms with Gasteiger partial charge in [0.25, 0.3) is 0 Å². The van der Waals surface area contributed by atoms with Crippen molar-refractivity contribution in [3.05, 3.63) is 47.5 Å². The molecule has 0 saturated heterocycles. The fourth-order valence-corrected chi connectivity index (χ4v) is 6.01. The van der Waals surface area contributed by atoms with Gasteiger partial charge in [-0.1, -0.05) is 82.6 Å². The average Bonchev–Trinajstić information content (AvgIpc) is 2.76. The van der Waals surface area contributed by atoms with Crippen LogP contribution in [0.3, 0.4) is 0 Å². The molecule has 0 atom stereocenters. The number of halogens is 2. The van der Waals surface area contributed by atoms with Gasteiger partial charge < -0.3 is 0 Å². The Hall–Kier alpha value is -1.44. The Balaban J connectivity index is 1.25. The molecule has 2 aromatic rings. The molecule has 0 nitrogen and oxygen atoms in total. The Kier molecular flexibility index (Phi) is 6.88. The molecule has 0 N–H and O–H groups in total. The van der Waals surface area contributed by atoms with Crippen LogP contribution in [0.15, 0.2) is 30.3 Å². The van der Waals surface area contributed by atoms with Gasteiger partial charge >= 0.3 is 0 Å². The van der Waals surface area contributed by atoms with E-state index in [1.54, 1.807) is 12.1 Å². The second-order valence-corrected chi connectivity index (χ2v) is 9.81. The van der Waals surface area contributed by atoms with E-state index in [4.69, 9.17) is 0 Å². The van der Waals surface area contributed by atoms with Crippen LogP contribution in [-0.2, 0) is 0 Å². The zero-order valence-electron chi connectivity index (χ0n) is 17.9. The maximum absolute atomic E-state index is 13.9. The molecule has 0 aliphatic heterocycles. The molecule has 0 heterocycles. The molecule has 4 rings (SSSR count). The molecule has 2 aromatic carbocycles. The highest BCUT2D eigenvalue weighted by Crippen LogP contribution is 2.40. The molecule has 0 unspecified atom stereocenters. The molecular formula is C27H36F2. The quantitative estimate of drug-likeness (QED) is 0.456.